The second-order valence-corrected chi connectivity index (χ2v) is 4.04. The first kappa shape index (κ1) is 10.8. The maximum atomic E-state index is 11.9. The molecule has 0 saturated heterocycles. The zero-order valence-corrected chi connectivity index (χ0v) is 7.82. The quantitative estimate of drug-likeness (QED) is 0.733. The minimum absolute atomic E-state index is 0.0984. The molecule has 1 rings (SSSR count). The number of alkyl halides is 3. The van der Waals surface area contributed by atoms with Gasteiger partial charge >= 0.3 is 6.18 Å². The van der Waals surface area contributed by atoms with Crippen LogP contribution >= 0.6 is 0 Å². The van der Waals surface area contributed by atoms with Gasteiger partial charge < -0.3 is 5.73 Å². The van der Waals surface area contributed by atoms with E-state index in [4.69, 9.17) is 5.73 Å². The van der Waals surface area contributed by atoms with Gasteiger partial charge in [0.2, 0.25) is 0 Å². The minimum atomic E-state index is -4.05. The fraction of sp³-hybridized carbons (Fsp3) is 1.00. The van der Waals surface area contributed by atoms with Crippen LogP contribution in [0.5, 0.6) is 0 Å². The molecule has 0 amide bonds. The highest BCUT2D eigenvalue weighted by molar-refractivity contribution is 5.07. The average Bonchev–Trinajstić information content (AvgIpc) is 2.59. The van der Waals surface area contributed by atoms with Crippen molar-refractivity contribution >= 4 is 0 Å². The van der Waals surface area contributed by atoms with Crippen molar-refractivity contribution in [1.82, 2.24) is 0 Å². The molecular weight excluding hydrogens is 179 g/mol. The van der Waals surface area contributed by atoms with Crippen LogP contribution in [0.25, 0.3) is 0 Å². The smallest absolute Gasteiger partial charge is 0.325 e. The molecule has 1 saturated carbocycles. The van der Waals surface area contributed by atoms with E-state index in [-0.39, 0.29) is 6.42 Å². The number of hydrogen-bond acceptors (Lipinski definition) is 1. The third-order valence-corrected chi connectivity index (χ3v) is 2.79. The molecule has 1 aliphatic carbocycles. The Balaban J connectivity index is 2.24. The first-order valence-corrected chi connectivity index (χ1v) is 4.73. The maximum absolute atomic E-state index is 11.9. The van der Waals surface area contributed by atoms with Crippen LogP contribution in [0.15, 0.2) is 0 Å². The van der Waals surface area contributed by atoms with Gasteiger partial charge in [0.15, 0.2) is 0 Å². The summed E-state index contributed by atoms with van der Waals surface area (Å²) in [6, 6.07) is 0. The summed E-state index contributed by atoms with van der Waals surface area (Å²) in [6.07, 6.45) is -1.93. The summed E-state index contributed by atoms with van der Waals surface area (Å²) in [6.45, 7) is 2.03. The second kappa shape index (κ2) is 3.48. The zero-order valence-electron chi connectivity index (χ0n) is 7.82. The zero-order chi connectivity index (χ0) is 10.1. The van der Waals surface area contributed by atoms with Crippen molar-refractivity contribution in [2.24, 2.45) is 11.7 Å². The predicted octanol–water partition coefficient (Wildman–Crippen LogP) is 2.85. The largest absolute Gasteiger partial charge is 0.389 e. The Morgan fingerprint density at radius 3 is 2.54 bits per heavy atom. The molecule has 1 fully saturated rings. The molecule has 78 valence electrons. The van der Waals surface area contributed by atoms with E-state index in [9.17, 15) is 13.2 Å². The van der Waals surface area contributed by atoms with Crippen LogP contribution in [0.1, 0.15) is 39.0 Å². The topological polar surface area (TPSA) is 26.0 Å². The highest BCUT2D eigenvalue weighted by Crippen LogP contribution is 2.48. The van der Waals surface area contributed by atoms with Crippen molar-refractivity contribution in [3.8, 4) is 0 Å². The van der Waals surface area contributed by atoms with Gasteiger partial charge in [0.25, 0.3) is 0 Å². The molecule has 0 aliphatic heterocycles. The molecule has 2 atom stereocenters. The summed E-state index contributed by atoms with van der Waals surface area (Å²) in [7, 11) is 0. The van der Waals surface area contributed by atoms with Crippen LogP contribution in [-0.4, -0.2) is 11.7 Å². The lowest BCUT2D eigenvalue weighted by atomic mass is 10.1. The van der Waals surface area contributed by atoms with Gasteiger partial charge in [-0.15, -0.1) is 0 Å². The van der Waals surface area contributed by atoms with E-state index in [1.165, 1.54) is 0 Å². The third kappa shape index (κ3) is 3.18. The average molecular weight is 195 g/mol. The van der Waals surface area contributed by atoms with E-state index < -0.39 is 18.1 Å². The number of halogens is 3. The van der Waals surface area contributed by atoms with Gasteiger partial charge in [-0.25, -0.2) is 0 Å². The fourth-order valence-corrected chi connectivity index (χ4v) is 1.82. The number of hydrogen-bond donors (Lipinski definition) is 1. The molecule has 2 N–H and O–H groups in total. The molecule has 4 heteroatoms. The van der Waals surface area contributed by atoms with Crippen LogP contribution in [0.4, 0.5) is 13.2 Å². The lowest BCUT2D eigenvalue weighted by molar-refractivity contribution is -0.136. The Morgan fingerprint density at radius 2 is 2.08 bits per heavy atom. The fourth-order valence-electron chi connectivity index (χ4n) is 1.82. The van der Waals surface area contributed by atoms with E-state index in [2.05, 4.69) is 0 Å². The van der Waals surface area contributed by atoms with Crippen molar-refractivity contribution in [1.29, 1.82) is 0 Å². The molecule has 1 nitrogen and oxygen atoms in total. The van der Waals surface area contributed by atoms with Crippen LogP contribution in [0.3, 0.4) is 0 Å². The Bertz CT molecular complexity index is 178. The molecule has 0 aromatic heterocycles. The van der Waals surface area contributed by atoms with Gasteiger partial charge in [0, 0.05) is 12.0 Å². The Hall–Kier alpha value is -0.250. The van der Waals surface area contributed by atoms with E-state index in [1.807, 2.05) is 6.92 Å². The van der Waals surface area contributed by atoms with Gasteiger partial charge in [-0.3, -0.25) is 0 Å². The van der Waals surface area contributed by atoms with E-state index >= 15 is 0 Å². The summed E-state index contributed by atoms with van der Waals surface area (Å²) in [5, 5.41) is 0. The summed E-state index contributed by atoms with van der Waals surface area (Å²) in [4.78, 5) is 0. The molecular formula is C9H16F3N. The molecule has 0 bridgehead atoms. The van der Waals surface area contributed by atoms with Crippen LogP contribution in [-0.2, 0) is 0 Å². The van der Waals surface area contributed by atoms with Crippen molar-refractivity contribution in [3.05, 3.63) is 0 Å². The van der Waals surface area contributed by atoms with Gasteiger partial charge in [-0.1, -0.05) is 13.3 Å². The van der Waals surface area contributed by atoms with Crippen molar-refractivity contribution in [2.45, 2.75) is 50.7 Å². The first-order chi connectivity index (χ1) is 5.87. The predicted molar refractivity (Wildman–Crippen MR) is 45.2 cm³/mol. The van der Waals surface area contributed by atoms with E-state index in [0.29, 0.717) is 5.92 Å². The molecule has 2 unspecified atom stereocenters. The van der Waals surface area contributed by atoms with Crippen molar-refractivity contribution in [2.75, 3.05) is 0 Å². The highest BCUT2D eigenvalue weighted by Gasteiger charge is 2.50. The van der Waals surface area contributed by atoms with Gasteiger partial charge in [0.1, 0.15) is 0 Å². The summed E-state index contributed by atoms with van der Waals surface area (Å²) in [5.74, 6) is 0.333. The highest BCUT2D eigenvalue weighted by atomic mass is 19.4. The first-order valence-electron chi connectivity index (χ1n) is 4.73. The molecule has 1 aliphatic rings. The van der Waals surface area contributed by atoms with Gasteiger partial charge in [-0.05, 0) is 25.2 Å². The van der Waals surface area contributed by atoms with E-state index in [1.54, 1.807) is 0 Å². The minimum Gasteiger partial charge on any atom is -0.325 e. The molecule has 0 aromatic carbocycles. The monoisotopic (exact) mass is 195 g/mol. The Labute approximate surface area is 76.5 Å². The Morgan fingerprint density at radius 1 is 1.46 bits per heavy atom. The third-order valence-electron chi connectivity index (χ3n) is 2.79. The molecule has 0 radical (unpaired) electrons. The second-order valence-electron chi connectivity index (χ2n) is 4.04. The summed E-state index contributed by atoms with van der Waals surface area (Å²) in [5.41, 5.74) is 5.29. The lowest BCUT2D eigenvalue weighted by Gasteiger charge is -2.12. The molecule has 0 heterocycles. The SMILES string of the molecule is CCCC1CC1(N)CCC(F)(F)F. The molecule has 13 heavy (non-hydrogen) atoms. The lowest BCUT2D eigenvalue weighted by Crippen LogP contribution is -2.27. The van der Waals surface area contributed by atoms with Crippen molar-refractivity contribution in [3.63, 3.8) is 0 Å². The summed E-state index contributed by atoms with van der Waals surface area (Å²) < 4.78 is 35.6. The number of rotatable bonds is 4. The van der Waals surface area contributed by atoms with E-state index in [0.717, 1.165) is 19.3 Å². The van der Waals surface area contributed by atoms with Gasteiger partial charge in [0.05, 0.1) is 0 Å². The van der Waals surface area contributed by atoms with Crippen molar-refractivity contribution < 1.29 is 13.2 Å². The van der Waals surface area contributed by atoms with Crippen LogP contribution < -0.4 is 5.73 Å². The van der Waals surface area contributed by atoms with Crippen LogP contribution in [0.2, 0.25) is 0 Å². The standard InChI is InChI=1S/C9H16F3N/c1-2-3-7-6-8(7,13)4-5-9(10,11)12/h7H,2-6,13H2,1H3. The van der Waals surface area contributed by atoms with Crippen LogP contribution in [0, 0.1) is 5.92 Å². The number of nitrogens with two attached hydrogens (primary N) is 1. The molecule has 0 aromatic rings. The Kier molecular flexibility index (Phi) is 2.90. The maximum Gasteiger partial charge on any atom is 0.389 e. The normalized spacial score (nSPS) is 33.5. The molecule has 0 spiro atoms. The summed E-state index contributed by atoms with van der Waals surface area (Å²) >= 11 is 0. The van der Waals surface area contributed by atoms with Gasteiger partial charge in [-0.2, -0.15) is 13.2 Å².